The second-order valence-corrected chi connectivity index (χ2v) is 12.0. The first-order chi connectivity index (χ1) is 15.0. The molecule has 4 rings (SSSR count). The van der Waals surface area contributed by atoms with Gasteiger partial charge >= 0.3 is 0 Å². The Bertz CT molecular complexity index is 1140. The van der Waals surface area contributed by atoms with E-state index in [2.05, 4.69) is 25.0 Å². The predicted octanol–water partition coefficient (Wildman–Crippen LogP) is 4.10. The molecule has 0 saturated carbocycles. The Morgan fingerprint density at radius 1 is 1.38 bits per heavy atom. The van der Waals surface area contributed by atoms with Crippen molar-refractivity contribution in [1.82, 2.24) is 14.7 Å². The Morgan fingerprint density at radius 2 is 2.12 bits per heavy atom. The lowest BCUT2D eigenvalue weighted by Gasteiger charge is -2.57. The summed E-state index contributed by atoms with van der Waals surface area (Å²) in [5, 5.41) is 2.93. The highest BCUT2D eigenvalue weighted by molar-refractivity contribution is 8.29. The van der Waals surface area contributed by atoms with Crippen molar-refractivity contribution in [1.29, 1.82) is 0 Å². The number of hydrogen-bond donors (Lipinski definition) is 4. The van der Waals surface area contributed by atoms with E-state index in [-0.39, 0.29) is 38.8 Å². The fraction of sp³-hybridized carbons (Fsp3) is 0.400. The van der Waals surface area contributed by atoms with Gasteiger partial charge in [-0.05, 0) is 44.9 Å². The number of rotatable bonds is 3. The van der Waals surface area contributed by atoms with Crippen molar-refractivity contribution in [3.63, 3.8) is 0 Å². The number of amidine groups is 1. The number of nitrogens with zero attached hydrogens (tertiary/aromatic N) is 3. The van der Waals surface area contributed by atoms with Crippen molar-refractivity contribution >= 4 is 51.3 Å². The molecule has 12 heteroatoms. The molecule has 4 heterocycles. The summed E-state index contributed by atoms with van der Waals surface area (Å²) in [7, 11) is -2.43. The molecule has 8 nitrogen and oxygen atoms in total. The van der Waals surface area contributed by atoms with Crippen LogP contribution in [-0.4, -0.2) is 43.3 Å². The van der Waals surface area contributed by atoms with Crippen molar-refractivity contribution in [3.8, 4) is 0 Å². The Labute approximate surface area is 196 Å². The van der Waals surface area contributed by atoms with E-state index in [0.717, 1.165) is 6.42 Å². The number of aromatic nitrogens is 2. The number of carbonyl (C=O) groups excluding carboxylic acids is 1. The molecule has 0 spiro atoms. The summed E-state index contributed by atoms with van der Waals surface area (Å²) in [4.78, 5) is 25.5. The molecule has 32 heavy (non-hydrogen) atoms. The van der Waals surface area contributed by atoms with Crippen LogP contribution in [0.25, 0.3) is 0 Å². The predicted molar refractivity (Wildman–Crippen MR) is 126 cm³/mol. The average molecular weight is 501 g/mol. The van der Waals surface area contributed by atoms with Crippen LogP contribution in [0.4, 0.5) is 10.2 Å². The molecule has 1 fully saturated rings. The van der Waals surface area contributed by atoms with E-state index in [1.807, 2.05) is 6.92 Å². The second kappa shape index (κ2) is 8.11. The lowest BCUT2D eigenvalue weighted by Crippen LogP contribution is -2.60. The van der Waals surface area contributed by atoms with Crippen molar-refractivity contribution in [3.05, 3.63) is 51.6 Å². The fourth-order valence-electron chi connectivity index (χ4n) is 4.10. The van der Waals surface area contributed by atoms with E-state index >= 15 is 0 Å². The molecule has 2 aromatic rings. The molecule has 1 saturated heterocycles. The molecule has 2 aromatic heterocycles. The van der Waals surface area contributed by atoms with E-state index in [0.29, 0.717) is 13.0 Å². The Balaban J connectivity index is 1.69. The molecule has 5 N–H and O–H groups in total. The van der Waals surface area contributed by atoms with Gasteiger partial charge in [-0.15, -0.1) is 0 Å². The molecular formula is C20H23Cl2FN6O2S. The summed E-state index contributed by atoms with van der Waals surface area (Å²) < 4.78 is 28.9. The van der Waals surface area contributed by atoms with Gasteiger partial charge in [0, 0.05) is 18.5 Å². The van der Waals surface area contributed by atoms with Crippen LogP contribution in [0.15, 0.2) is 29.4 Å². The largest absolute Gasteiger partial charge is 0.386 e. The van der Waals surface area contributed by atoms with Gasteiger partial charge in [-0.1, -0.05) is 33.7 Å². The summed E-state index contributed by atoms with van der Waals surface area (Å²) in [6.45, 7) is 4.21. The van der Waals surface area contributed by atoms with Gasteiger partial charge in [0.05, 0.1) is 14.8 Å². The summed E-state index contributed by atoms with van der Waals surface area (Å²) in [6, 6.07) is 3.91. The number of carbonyl (C=O) groups is 1. The van der Waals surface area contributed by atoms with Crippen molar-refractivity contribution < 1.29 is 13.7 Å². The van der Waals surface area contributed by atoms with Crippen LogP contribution in [-0.2, 0) is 5.54 Å². The number of hydrogen-bond acceptors (Lipinski definition) is 7. The molecule has 3 atom stereocenters. The zero-order valence-corrected chi connectivity index (χ0v) is 19.8. The Hall–Kier alpha value is -1.98. The number of nitrogens with two attached hydrogens (primary N) is 1. The van der Waals surface area contributed by atoms with Gasteiger partial charge in [-0.25, -0.2) is 14.4 Å². The third-order valence-electron chi connectivity index (χ3n) is 5.94. The van der Waals surface area contributed by atoms with E-state index in [4.69, 9.17) is 28.9 Å². The highest BCUT2D eigenvalue weighted by Gasteiger charge is 2.55. The van der Waals surface area contributed by atoms with Crippen LogP contribution >= 0.6 is 33.7 Å². The number of amides is 1. The highest BCUT2D eigenvalue weighted by atomic mass is 35.5. The first-order valence-electron chi connectivity index (χ1n) is 9.90. The van der Waals surface area contributed by atoms with Gasteiger partial charge in [-0.2, -0.15) is 0 Å². The first kappa shape index (κ1) is 23.2. The monoisotopic (exact) mass is 500 g/mol. The molecule has 0 aromatic carbocycles. The first-order valence-corrected chi connectivity index (χ1v) is 12.4. The number of anilines is 1. The minimum atomic E-state index is -2.43. The number of pyridine rings is 2. The van der Waals surface area contributed by atoms with Crippen LogP contribution < -0.4 is 15.8 Å². The van der Waals surface area contributed by atoms with Crippen LogP contribution in [0.2, 0.25) is 10.0 Å². The van der Waals surface area contributed by atoms with E-state index in [9.17, 15) is 13.7 Å². The Kier molecular flexibility index (Phi) is 5.87. The Morgan fingerprint density at radius 3 is 2.84 bits per heavy atom. The summed E-state index contributed by atoms with van der Waals surface area (Å²) in [6.07, 6.45) is 2.84. The number of aliphatic imine (C=N–C) groups is 1. The van der Waals surface area contributed by atoms with Crippen LogP contribution in [0.5, 0.6) is 0 Å². The van der Waals surface area contributed by atoms with Crippen LogP contribution in [0, 0.1) is 5.82 Å². The highest BCUT2D eigenvalue weighted by Crippen LogP contribution is 2.62. The van der Waals surface area contributed by atoms with Gasteiger partial charge in [0.1, 0.15) is 34.4 Å². The topological polar surface area (TPSA) is 126 Å². The molecule has 0 aliphatic carbocycles. The molecule has 2 aliphatic rings. The zero-order valence-electron chi connectivity index (χ0n) is 17.5. The summed E-state index contributed by atoms with van der Waals surface area (Å²) in [5.74, 6) is -0.750. The lowest BCUT2D eigenvalue weighted by molar-refractivity contribution is 0.102. The minimum absolute atomic E-state index is 0.0243. The minimum Gasteiger partial charge on any atom is -0.386 e. The molecule has 0 bridgehead atoms. The normalized spacial score (nSPS) is 31.8. The van der Waals surface area contributed by atoms with Crippen LogP contribution in [0.1, 0.15) is 42.9 Å². The standard InChI is InChI=1S/C20H23Cl2FN6O2S/c1-19(10-32(31)20(2,18(24)29-19)6-3-7-26-32)16-13(23)4-5-14(27-16)28-17(30)15-12(22)8-11(21)9-25-15/h4-5,8-9,26,31H,3,6-7,10H2,1-2H3,(H2,24,29)(H,27,28,30). The van der Waals surface area contributed by atoms with Gasteiger partial charge in [0.15, 0.2) is 0 Å². The smallest absolute Gasteiger partial charge is 0.276 e. The maximum atomic E-state index is 14.9. The van der Waals surface area contributed by atoms with Crippen LogP contribution in [0.3, 0.4) is 0 Å². The molecule has 2 aliphatic heterocycles. The van der Waals surface area contributed by atoms with E-state index in [1.165, 1.54) is 24.4 Å². The summed E-state index contributed by atoms with van der Waals surface area (Å²) >= 11 is 11.9. The molecule has 1 amide bonds. The quantitative estimate of drug-likeness (QED) is 0.502. The van der Waals surface area contributed by atoms with E-state index in [1.54, 1.807) is 6.92 Å². The fourth-order valence-corrected chi connectivity index (χ4v) is 7.67. The lowest BCUT2D eigenvalue weighted by atomic mass is 9.96. The van der Waals surface area contributed by atoms with Gasteiger partial charge < -0.3 is 15.6 Å². The van der Waals surface area contributed by atoms with E-state index < -0.39 is 32.5 Å². The molecule has 0 radical (unpaired) electrons. The van der Waals surface area contributed by atoms with Crippen molar-refractivity contribution in [2.45, 2.75) is 37.0 Å². The maximum absolute atomic E-state index is 14.9. The van der Waals surface area contributed by atoms with Gasteiger partial charge in [-0.3, -0.25) is 14.5 Å². The zero-order chi connectivity index (χ0) is 23.3. The molecule has 172 valence electrons. The third-order valence-corrected chi connectivity index (χ3v) is 10.00. The van der Waals surface area contributed by atoms with Crippen molar-refractivity contribution in [2.24, 2.45) is 10.7 Å². The third kappa shape index (κ3) is 3.84. The number of halogens is 3. The molecular weight excluding hydrogens is 478 g/mol. The summed E-state index contributed by atoms with van der Waals surface area (Å²) in [5.41, 5.74) is 5.02. The van der Waals surface area contributed by atoms with Gasteiger partial charge in [0.25, 0.3) is 5.91 Å². The maximum Gasteiger partial charge on any atom is 0.276 e. The molecule has 3 unspecified atom stereocenters. The SMILES string of the molecule is CC1(c2nc(NC(=O)c3ncc(Cl)cc3Cl)ccc2F)CS2(O)NCCCC2(C)C(N)=N1. The number of nitrogens with one attached hydrogen (secondary N) is 2. The van der Waals surface area contributed by atoms with Crippen molar-refractivity contribution in [2.75, 3.05) is 17.6 Å². The second-order valence-electron chi connectivity index (χ2n) is 8.31. The average Bonchev–Trinajstić information content (AvgIpc) is 2.70. The van der Waals surface area contributed by atoms with Gasteiger partial charge in [0.2, 0.25) is 0 Å². The number of fused-ring (bicyclic) bond motifs is 1.